The molecule has 120 valence electrons. The van der Waals surface area contributed by atoms with Gasteiger partial charge in [0.05, 0.1) is 26.9 Å². The molecule has 0 saturated carbocycles. The Bertz CT molecular complexity index is 712. The number of benzene rings is 2. The molecule has 0 bridgehead atoms. The summed E-state index contributed by atoms with van der Waals surface area (Å²) in [7, 11) is 4.42. The van der Waals surface area contributed by atoms with Gasteiger partial charge in [-0.3, -0.25) is 0 Å². The second kappa shape index (κ2) is 7.35. The first kappa shape index (κ1) is 16.4. The van der Waals surface area contributed by atoms with E-state index in [9.17, 15) is 9.90 Å². The molecular formula is C18H18O5. The molecule has 1 N–H and O–H groups in total. The zero-order chi connectivity index (χ0) is 16.8. The Labute approximate surface area is 134 Å². The number of carbonyl (C=O) groups is 1. The molecule has 5 nitrogen and oxygen atoms in total. The minimum absolute atomic E-state index is 0.0699. The van der Waals surface area contributed by atoms with E-state index < -0.39 is 5.97 Å². The van der Waals surface area contributed by atoms with Gasteiger partial charge in [-0.15, -0.1) is 0 Å². The van der Waals surface area contributed by atoms with Crippen molar-refractivity contribution in [2.24, 2.45) is 0 Å². The monoisotopic (exact) mass is 314 g/mol. The molecule has 0 saturated heterocycles. The summed E-state index contributed by atoms with van der Waals surface area (Å²) >= 11 is 0. The number of phenolic OH excluding ortho intramolecular Hbond substituents is 1. The van der Waals surface area contributed by atoms with E-state index in [4.69, 9.17) is 14.2 Å². The molecule has 2 aromatic rings. The van der Waals surface area contributed by atoms with Crippen molar-refractivity contribution in [3.63, 3.8) is 0 Å². The Balaban J connectivity index is 2.55. The van der Waals surface area contributed by atoms with Crippen LogP contribution >= 0.6 is 0 Å². The van der Waals surface area contributed by atoms with Gasteiger partial charge in [-0.2, -0.15) is 0 Å². The first-order chi connectivity index (χ1) is 11.1. The number of hydrogen-bond donors (Lipinski definition) is 1. The molecule has 0 radical (unpaired) electrons. The first-order valence-corrected chi connectivity index (χ1v) is 6.90. The smallest absolute Gasteiger partial charge is 0.338 e. The molecule has 0 unspecified atom stereocenters. The Hall–Kier alpha value is -2.95. The zero-order valence-corrected chi connectivity index (χ0v) is 13.2. The molecular weight excluding hydrogens is 296 g/mol. The average Bonchev–Trinajstić information content (AvgIpc) is 2.58. The summed E-state index contributed by atoms with van der Waals surface area (Å²) in [6.07, 6.45) is 1.66. The average molecular weight is 314 g/mol. The highest BCUT2D eigenvalue weighted by Crippen LogP contribution is 2.27. The Morgan fingerprint density at radius 3 is 2.17 bits per heavy atom. The van der Waals surface area contributed by atoms with Crippen molar-refractivity contribution in [2.75, 3.05) is 21.3 Å². The lowest BCUT2D eigenvalue weighted by atomic mass is 10.0. The second-order valence-corrected chi connectivity index (χ2v) is 4.75. The summed E-state index contributed by atoms with van der Waals surface area (Å²) in [4.78, 5) is 12.1. The predicted molar refractivity (Wildman–Crippen MR) is 87.5 cm³/mol. The van der Waals surface area contributed by atoms with Gasteiger partial charge in [0.2, 0.25) is 0 Å². The van der Waals surface area contributed by atoms with Crippen LogP contribution in [0.2, 0.25) is 0 Å². The number of carbonyl (C=O) groups excluding carboxylic acids is 1. The standard InChI is InChI=1S/C18H18O5/c1-21-15-7-12(8-16(11-15)22-2)9-17(18(20)23-3)13-5-4-6-14(19)10-13/h4-11,19H,1-3H3. The van der Waals surface area contributed by atoms with Gasteiger partial charge in [0.15, 0.2) is 0 Å². The molecule has 0 aliphatic heterocycles. The van der Waals surface area contributed by atoms with E-state index in [0.717, 1.165) is 0 Å². The number of ether oxygens (including phenoxy) is 3. The third-order valence-electron chi connectivity index (χ3n) is 3.25. The van der Waals surface area contributed by atoms with Gasteiger partial charge < -0.3 is 19.3 Å². The molecule has 0 fully saturated rings. The quantitative estimate of drug-likeness (QED) is 0.522. The van der Waals surface area contributed by atoms with Crippen molar-refractivity contribution < 1.29 is 24.1 Å². The fourth-order valence-electron chi connectivity index (χ4n) is 2.12. The fraction of sp³-hybridized carbons (Fsp3) is 0.167. The third kappa shape index (κ3) is 4.03. The fourth-order valence-corrected chi connectivity index (χ4v) is 2.12. The lowest BCUT2D eigenvalue weighted by Gasteiger charge is -2.09. The highest BCUT2D eigenvalue weighted by Gasteiger charge is 2.14. The summed E-state index contributed by atoms with van der Waals surface area (Å²) < 4.78 is 15.3. The van der Waals surface area contributed by atoms with E-state index >= 15 is 0 Å². The van der Waals surface area contributed by atoms with Crippen molar-refractivity contribution in [1.82, 2.24) is 0 Å². The molecule has 2 aromatic carbocycles. The predicted octanol–water partition coefficient (Wildman–Crippen LogP) is 3.12. The SMILES string of the molecule is COC(=O)C(=Cc1cc(OC)cc(OC)c1)c1cccc(O)c1. The van der Waals surface area contributed by atoms with Crippen molar-refractivity contribution in [2.45, 2.75) is 0 Å². The molecule has 5 heteroatoms. The summed E-state index contributed by atoms with van der Waals surface area (Å²) in [5, 5.41) is 9.63. The minimum Gasteiger partial charge on any atom is -0.508 e. The van der Waals surface area contributed by atoms with Crippen LogP contribution in [0.1, 0.15) is 11.1 Å². The van der Waals surface area contributed by atoms with E-state index in [1.54, 1.807) is 50.6 Å². The van der Waals surface area contributed by atoms with Gasteiger partial charge >= 0.3 is 5.97 Å². The summed E-state index contributed by atoms with van der Waals surface area (Å²) in [6.45, 7) is 0. The summed E-state index contributed by atoms with van der Waals surface area (Å²) in [5.41, 5.74) is 1.59. The Morgan fingerprint density at radius 2 is 1.65 bits per heavy atom. The highest BCUT2D eigenvalue weighted by atomic mass is 16.5. The third-order valence-corrected chi connectivity index (χ3v) is 3.25. The van der Waals surface area contributed by atoms with Crippen molar-refractivity contribution in [3.05, 3.63) is 53.6 Å². The Kier molecular flexibility index (Phi) is 5.25. The van der Waals surface area contributed by atoms with Crippen LogP contribution in [0.15, 0.2) is 42.5 Å². The van der Waals surface area contributed by atoms with Crippen LogP contribution in [-0.4, -0.2) is 32.4 Å². The molecule has 0 spiro atoms. The molecule has 0 amide bonds. The van der Waals surface area contributed by atoms with Crippen LogP contribution in [0, 0.1) is 0 Å². The van der Waals surface area contributed by atoms with E-state index in [1.807, 2.05) is 0 Å². The second-order valence-electron chi connectivity index (χ2n) is 4.75. The van der Waals surface area contributed by atoms with Crippen molar-refractivity contribution in [1.29, 1.82) is 0 Å². The highest BCUT2D eigenvalue weighted by molar-refractivity contribution is 6.21. The molecule has 0 heterocycles. The lowest BCUT2D eigenvalue weighted by molar-refractivity contribution is -0.133. The molecule has 0 aliphatic carbocycles. The van der Waals surface area contributed by atoms with Crippen molar-refractivity contribution in [3.8, 4) is 17.2 Å². The molecule has 2 rings (SSSR count). The minimum atomic E-state index is -0.502. The van der Waals surface area contributed by atoms with Gasteiger partial charge in [-0.25, -0.2) is 4.79 Å². The maximum Gasteiger partial charge on any atom is 0.338 e. The van der Waals surface area contributed by atoms with Gasteiger partial charge in [-0.1, -0.05) is 12.1 Å². The molecule has 0 atom stereocenters. The van der Waals surface area contributed by atoms with Crippen LogP contribution in [0.4, 0.5) is 0 Å². The zero-order valence-electron chi connectivity index (χ0n) is 13.2. The topological polar surface area (TPSA) is 65.0 Å². The van der Waals surface area contributed by atoms with Crippen LogP contribution in [0.5, 0.6) is 17.2 Å². The number of methoxy groups -OCH3 is 3. The van der Waals surface area contributed by atoms with Gasteiger partial charge in [0, 0.05) is 6.07 Å². The van der Waals surface area contributed by atoms with Crippen LogP contribution in [-0.2, 0) is 9.53 Å². The number of rotatable bonds is 5. The molecule has 23 heavy (non-hydrogen) atoms. The maximum absolute atomic E-state index is 12.1. The normalized spacial score (nSPS) is 11.0. The van der Waals surface area contributed by atoms with Crippen LogP contribution in [0.3, 0.4) is 0 Å². The van der Waals surface area contributed by atoms with Gasteiger partial charge in [-0.05, 0) is 41.5 Å². The van der Waals surface area contributed by atoms with E-state index in [1.165, 1.54) is 19.2 Å². The van der Waals surface area contributed by atoms with E-state index in [0.29, 0.717) is 28.2 Å². The number of hydrogen-bond acceptors (Lipinski definition) is 5. The van der Waals surface area contributed by atoms with Crippen LogP contribution < -0.4 is 9.47 Å². The number of phenols is 1. The largest absolute Gasteiger partial charge is 0.508 e. The lowest BCUT2D eigenvalue weighted by Crippen LogP contribution is -2.04. The number of aromatic hydroxyl groups is 1. The summed E-state index contributed by atoms with van der Waals surface area (Å²) in [5.74, 6) is 0.782. The maximum atomic E-state index is 12.1. The molecule has 0 aliphatic rings. The van der Waals surface area contributed by atoms with E-state index in [-0.39, 0.29) is 5.75 Å². The van der Waals surface area contributed by atoms with Gasteiger partial charge in [0.1, 0.15) is 17.2 Å². The van der Waals surface area contributed by atoms with Gasteiger partial charge in [0.25, 0.3) is 0 Å². The summed E-state index contributed by atoms with van der Waals surface area (Å²) in [6, 6.07) is 11.7. The molecule has 0 aromatic heterocycles. The number of esters is 1. The van der Waals surface area contributed by atoms with Crippen LogP contribution in [0.25, 0.3) is 11.6 Å². The first-order valence-electron chi connectivity index (χ1n) is 6.90. The van der Waals surface area contributed by atoms with Crippen molar-refractivity contribution >= 4 is 17.6 Å². The van der Waals surface area contributed by atoms with E-state index in [2.05, 4.69) is 0 Å². The Morgan fingerprint density at radius 1 is 1.00 bits per heavy atom.